The summed E-state index contributed by atoms with van der Waals surface area (Å²) in [5.74, 6) is 0. The van der Waals surface area contributed by atoms with Crippen LogP contribution in [0, 0.1) is 0 Å². The van der Waals surface area contributed by atoms with Crippen LogP contribution >= 0.6 is 0 Å². The van der Waals surface area contributed by atoms with E-state index in [-0.39, 0.29) is 5.60 Å². The quantitative estimate of drug-likeness (QED) is 0.804. The van der Waals surface area contributed by atoms with E-state index in [1.165, 1.54) is 6.42 Å². The second kappa shape index (κ2) is 4.68. The second-order valence-corrected chi connectivity index (χ2v) is 4.21. The van der Waals surface area contributed by atoms with E-state index in [1.54, 1.807) is 12.5 Å². The van der Waals surface area contributed by atoms with E-state index < -0.39 is 0 Å². The second-order valence-electron chi connectivity index (χ2n) is 4.21. The summed E-state index contributed by atoms with van der Waals surface area (Å²) in [6, 6.07) is 1.92. The first-order valence-corrected chi connectivity index (χ1v) is 5.38. The van der Waals surface area contributed by atoms with E-state index in [0.717, 1.165) is 31.8 Å². The number of ether oxygens (including phenoxy) is 1. The first-order chi connectivity index (χ1) is 7.29. The molecule has 15 heavy (non-hydrogen) atoms. The Hall–Kier alpha value is -1.00. The van der Waals surface area contributed by atoms with E-state index in [4.69, 9.17) is 4.74 Å². The van der Waals surface area contributed by atoms with Gasteiger partial charge in [-0.1, -0.05) is 0 Å². The molecule has 4 heteroatoms. The first-order valence-electron chi connectivity index (χ1n) is 5.38. The lowest BCUT2D eigenvalue weighted by molar-refractivity contribution is 0.0206. The van der Waals surface area contributed by atoms with Crippen LogP contribution < -0.4 is 5.32 Å². The summed E-state index contributed by atoms with van der Waals surface area (Å²) < 4.78 is 5.68. The van der Waals surface area contributed by atoms with Gasteiger partial charge in [0.05, 0.1) is 11.3 Å². The zero-order chi connectivity index (χ0) is 10.6. The van der Waals surface area contributed by atoms with Gasteiger partial charge in [0.15, 0.2) is 0 Å². The van der Waals surface area contributed by atoms with Crippen LogP contribution in [0.3, 0.4) is 0 Å². The number of aromatic nitrogens is 2. The Morgan fingerprint density at radius 1 is 1.60 bits per heavy atom. The van der Waals surface area contributed by atoms with E-state index in [9.17, 15) is 0 Å². The molecule has 0 radical (unpaired) electrons. The molecule has 0 spiro atoms. The number of rotatable bonds is 4. The lowest BCUT2D eigenvalue weighted by Crippen LogP contribution is -2.36. The van der Waals surface area contributed by atoms with Crippen molar-refractivity contribution in [2.75, 3.05) is 13.2 Å². The van der Waals surface area contributed by atoms with E-state index >= 15 is 0 Å². The van der Waals surface area contributed by atoms with Gasteiger partial charge in [-0.2, -0.15) is 0 Å². The molecule has 0 bridgehead atoms. The molecule has 82 valence electrons. The van der Waals surface area contributed by atoms with Crippen LogP contribution in [0.25, 0.3) is 0 Å². The smallest absolute Gasteiger partial charge is 0.115 e. The van der Waals surface area contributed by atoms with Crippen LogP contribution in [0.5, 0.6) is 0 Å². The topological polar surface area (TPSA) is 47.0 Å². The average molecular weight is 207 g/mol. The zero-order valence-electron chi connectivity index (χ0n) is 9.07. The average Bonchev–Trinajstić information content (AvgIpc) is 2.67. The molecular formula is C11H17N3O. The van der Waals surface area contributed by atoms with Crippen LogP contribution in [0.2, 0.25) is 0 Å². The number of hydrogen-bond acceptors (Lipinski definition) is 4. The predicted molar refractivity (Wildman–Crippen MR) is 57.3 cm³/mol. The minimum atomic E-state index is 0.0209. The summed E-state index contributed by atoms with van der Waals surface area (Å²) in [5.41, 5.74) is 1.04. The van der Waals surface area contributed by atoms with Gasteiger partial charge in [-0.15, -0.1) is 0 Å². The molecule has 1 aromatic rings. The van der Waals surface area contributed by atoms with E-state index in [1.807, 2.05) is 6.07 Å². The maximum Gasteiger partial charge on any atom is 0.115 e. The van der Waals surface area contributed by atoms with Crippen molar-refractivity contribution in [3.8, 4) is 0 Å². The van der Waals surface area contributed by atoms with Gasteiger partial charge < -0.3 is 10.1 Å². The Bertz CT molecular complexity index is 296. The highest BCUT2D eigenvalue weighted by atomic mass is 16.5. The van der Waals surface area contributed by atoms with Crippen molar-refractivity contribution in [3.63, 3.8) is 0 Å². The molecule has 0 aliphatic carbocycles. The summed E-state index contributed by atoms with van der Waals surface area (Å²) in [4.78, 5) is 8.03. The van der Waals surface area contributed by atoms with Crippen molar-refractivity contribution in [1.82, 2.24) is 15.3 Å². The fourth-order valence-electron chi connectivity index (χ4n) is 1.85. The standard InChI is InChI=1S/C11H17N3O/c1-11(4-2-6-15-11)8-13-7-10-3-5-12-9-14-10/h3,5,9,13H,2,4,6-8H2,1H3. The normalized spacial score (nSPS) is 25.7. The largest absolute Gasteiger partial charge is 0.374 e. The van der Waals surface area contributed by atoms with Gasteiger partial charge in [-0.05, 0) is 25.8 Å². The molecule has 1 aliphatic heterocycles. The Morgan fingerprint density at radius 3 is 3.20 bits per heavy atom. The van der Waals surface area contributed by atoms with E-state index in [0.29, 0.717) is 0 Å². The minimum Gasteiger partial charge on any atom is -0.374 e. The molecule has 0 amide bonds. The molecule has 1 N–H and O–H groups in total. The van der Waals surface area contributed by atoms with Gasteiger partial charge in [0.1, 0.15) is 6.33 Å². The molecule has 2 rings (SSSR count). The summed E-state index contributed by atoms with van der Waals surface area (Å²) >= 11 is 0. The molecule has 1 aliphatic rings. The number of nitrogens with zero attached hydrogens (tertiary/aromatic N) is 2. The summed E-state index contributed by atoms with van der Waals surface area (Å²) in [5, 5.41) is 3.37. The van der Waals surface area contributed by atoms with Crippen LogP contribution in [-0.4, -0.2) is 28.7 Å². The molecule has 1 aromatic heterocycles. The highest BCUT2D eigenvalue weighted by Crippen LogP contribution is 2.23. The molecule has 0 aromatic carbocycles. The number of nitrogens with one attached hydrogen (secondary N) is 1. The van der Waals surface area contributed by atoms with Crippen LogP contribution in [0.1, 0.15) is 25.5 Å². The Labute approximate surface area is 90.1 Å². The van der Waals surface area contributed by atoms with Crippen molar-refractivity contribution < 1.29 is 4.74 Å². The highest BCUT2D eigenvalue weighted by Gasteiger charge is 2.28. The van der Waals surface area contributed by atoms with E-state index in [2.05, 4.69) is 22.2 Å². The predicted octanol–water partition coefficient (Wildman–Crippen LogP) is 1.14. The SMILES string of the molecule is CC1(CNCc2ccncn2)CCCO1. The van der Waals surface area contributed by atoms with Crippen molar-refractivity contribution in [3.05, 3.63) is 24.3 Å². The van der Waals surface area contributed by atoms with Crippen molar-refractivity contribution >= 4 is 0 Å². The molecular weight excluding hydrogens is 190 g/mol. The fraction of sp³-hybridized carbons (Fsp3) is 0.636. The highest BCUT2D eigenvalue weighted by molar-refractivity contribution is 4.97. The summed E-state index contributed by atoms with van der Waals surface area (Å²) in [7, 11) is 0. The Morgan fingerprint density at radius 2 is 2.53 bits per heavy atom. The minimum absolute atomic E-state index is 0.0209. The zero-order valence-corrected chi connectivity index (χ0v) is 9.07. The van der Waals surface area contributed by atoms with Crippen LogP contribution in [-0.2, 0) is 11.3 Å². The Balaban J connectivity index is 1.75. The fourth-order valence-corrected chi connectivity index (χ4v) is 1.85. The molecule has 1 atom stereocenters. The third-order valence-electron chi connectivity index (χ3n) is 2.75. The molecule has 1 fully saturated rings. The van der Waals surface area contributed by atoms with Crippen molar-refractivity contribution in [2.45, 2.75) is 31.9 Å². The van der Waals surface area contributed by atoms with Gasteiger partial charge in [0, 0.05) is 25.9 Å². The molecule has 1 unspecified atom stereocenters. The number of hydrogen-bond donors (Lipinski definition) is 1. The van der Waals surface area contributed by atoms with Gasteiger partial charge in [-0.3, -0.25) is 0 Å². The molecule has 0 saturated carbocycles. The molecule has 4 nitrogen and oxygen atoms in total. The van der Waals surface area contributed by atoms with Gasteiger partial charge in [0.2, 0.25) is 0 Å². The van der Waals surface area contributed by atoms with Gasteiger partial charge >= 0.3 is 0 Å². The maximum atomic E-state index is 5.68. The van der Waals surface area contributed by atoms with Crippen molar-refractivity contribution in [2.24, 2.45) is 0 Å². The van der Waals surface area contributed by atoms with Crippen LogP contribution in [0.15, 0.2) is 18.6 Å². The summed E-state index contributed by atoms with van der Waals surface area (Å²) in [6.45, 7) is 4.72. The lowest BCUT2D eigenvalue weighted by Gasteiger charge is -2.23. The van der Waals surface area contributed by atoms with Crippen LogP contribution in [0.4, 0.5) is 0 Å². The maximum absolute atomic E-state index is 5.68. The lowest BCUT2D eigenvalue weighted by atomic mass is 10.0. The third kappa shape index (κ3) is 2.97. The van der Waals surface area contributed by atoms with Gasteiger partial charge in [-0.25, -0.2) is 9.97 Å². The molecule has 2 heterocycles. The van der Waals surface area contributed by atoms with Gasteiger partial charge in [0.25, 0.3) is 0 Å². The first kappa shape index (κ1) is 10.5. The Kier molecular flexibility index (Phi) is 3.28. The molecule has 1 saturated heterocycles. The van der Waals surface area contributed by atoms with Crippen molar-refractivity contribution in [1.29, 1.82) is 0 Å². The monoisotopic (exact) mass is 207 g/mol. The summed E-state index contributed by atoms with van der Waals surface area (Å²) in [6.07, 6.45) is 5.65. The third-order valence-corrected chi connectivity index (χ3v) is 2.75.